The van der Waals surface area contributed by atoms with Gasteiger partial charge in [0.25, 0.3) is 10.0 Å². The predicted octanol–water partition coefficient (Wildman–Crippen LogP) is 0.465. The number of pyridine rings is 1. The Labute approximate surface area is 169 Å². The standard InChI is InChI=1S/C18H16N2O3S.Na/c21-24(22,16-10-5-2-6-11-16)20-18-17(12-7-13-19-18)23-14-15-8-3-1-4-9-15;/h1-13H,14H2,(H,19,20);/q;+1. The minimum Gasteiger partial charge on any atom is -0.485 e. The molecule has 1 N–H and O–H groups in total. The Kier molecular flexibility index (Phi) is 7.01. The Morgan fingerprint density at radius 3 is 2.20 bits per heavy atom. The molecule has 3 aromatic rings. The van der Waals surface area contributed by atoms with Crippen LogP contribution in [-0.4, -0.2) is 13.4 Å². The van der Waals surface area contributed by atoms with Gasteiger partial charge < -0.3 is 4.74 Å². The Hall–Kier alpha value is -1.86. The van der Waals surface area contributed by atoms with Crippen molar-refractivity contribution in [2.24, 2.45) is 0 Å². The van der Waals surface area contributed by atoms with Gasteiger partial charge in [0.15, 0.2) is 11.6 Å². The fourth-order valence-corrected chi connectivity index (χ4v) is 3.15. The molecule has 1 aromatic heterocycles. The van der Waals surface area contributed by atoms with Crippen LogP contribution in [0.4, 0.5) is 5.82 Å². The van der Waals surface area contributed by atoms with Crippen molar-refractivity contribution in [1.82, 2.24) is 4.98 Å². The van der Waals surface area contributed by atoms with Gasteiger partial charge in [0.1, 0.15) is 6.61 Å². The molecule has 3 rings (SSSR count). The van der Waals surface area contributed by atoms with Crippen molar-refractivity contribution >= 4 is 15.8 Å². The first-order valence-electron chi connectivity index (χ1n) is 7.35. The number of rotatable bonds is 6. The number of benzene rings is 2. The van der Waals surface area contributed by atoms with Crippen LogP contribution in [0.2, 0.25) is 0 Å². The van der Waals surface area contributed by atoms with Crippen LogP contribution in [0.1, 0.15) is 5.56 Å². The van der Waals surface area contributed by atoms with Gasteiger partial charge in [0.2, 0.25) is 0 Å². The monoisotopic (exact) mass is 363 g/mol. The number of hydrogen-bond donors (Lipinski definition) is 1. The average molecular weight is 363 g/mol. The molecule has 0 atom stereocenters. The van der Waals surface area contributed by atoms with E-state index in [2.05, 4.69) is 9.71 Å². The van der Waals surface area contributed by atoms with Crippen LogP contribution in [0.15, 0.2) is 83.9 Å². The molecule has 122 valence electrons. The van der Waals surface area contributed by atoms with Crippen molar-refractivity contribution in [1.29, 1.82) is 0 Å². The first-order chi connectivity index (χ1) is 11.6. The molecular weight excluding hydrogens is 347 g/mol. The van der Waals surface area contributed by atoms with Crippen molar-refractivity contribution in [3.8, 4) is 5.75 Å². The molecule has 0 unspecified atom stereocenters. The van der Waals surface area contributed by atoms with E-state index in [4.69, 9.17) is 4.74 Å². The second-order valence-electron chi connectivity index (χ2n) is 5.04. The fourth-order valence-electron chi connectivity index (χ4n) is 2.10. The Morgan fingerprint density at radius 1 is 0.880 bits per heavy atom. The minimum atomic E-state index is -3.71. The van der Waals surface area contributed by atoms with Crippen LogP contribution >= 0.6 is 0 Å². The number of aromatic nitrogens is 1. The summed E-state index contributed by atoms with van der Waals surface area (Å²) in [6.07, 6.45) is 1.51. The van der Waals surface area contributed by atoms with E-state index >= 15 is 0 Å². The molecule has 0 spiro atoms. The maximum atomic E-state index is 12.4. The summed E-state index contributed by atoms with van der Waals surface area (Å²) in [5.74, 6) is 0.540. The van der Waals surface area contributed by atoms with Crippen molar-refractivity contribution in [3.05, 3.63) is 84.6 Å². The molecule has 0 bridgehead atoms. The second-order valence-corrected chi connectivity index (χ2v) is 6.73. The van der Waals surface area contributed by atoms with Crippen LogP contribution < -0.4 is 39.0 Å². The van der Waals surface area contributed by atoms with Gasteiger partial charge in [0.05, 0.1) is 4.90 Å². The molecule has 25 heavy (non-hydrogen) atoms. The van der Waals surface area contributed by atoms with E-state index < -0.39 is 10.0 Å². The molecule has 0 aliphatic heterocycles. The van der Waals surface area contributed by atoms with E-state index in [0.717, 1.165) is 5.56 Å². The van der Waals surface area contributed by atoms with E-state index in [1.54, 1.807) is 30.3 Å². The van der Waals surface area contributed by atoms with E-state index in [1.807, 2.05) is 30.3 Å². The molecule has 0 aliphatic rings. The summed E-state index contributed by atoms with van der Waals surface area (Å²) in [5.41, 5.74) is 0.984. The third-order valence-corrected chi connectivity index (χ3v) is 4.65. The second kappa shape index (κ2) is 9.01. The molecule has 5 nitrogen and oxygen atoms in total. The summed E-state index contributed by atoms with van der Waals surface area (Å²) in [4.78, 5) is 4.26. The quantitative estimate of drug-likeness (QED) is 0.647. The smallest absolute Gasteiger partial charge is 0.485 e. The Balaban J connectivity index is 0.00000225. The number of sulfonamides is 1. The van der Waals surface area contributed by atoms with Crippen molar-refractivity contribution in [2.45, 2.75) is 11.5 Å². The molecule has 0 amide bonds. The fraction of sp³-hybridized carbons (Fsp3) is 0.0556. The Morgan fingerprint density at radius 2 is 1.52 bits per heavy atom. The number of anilines is 1. The molecule has 1 heterocycles. The molecule has 0 saturated carbocycles. The van der Waals surface area contributed by atoms with E-state index in [9.17, 15) is 8.42 Å². The maximum absolute atomic E-state index is 12.4. The predicted molar refractivity (Wildman–Crippen MR) is 92.3 cm³/mol. The number of ether oxygens (including phenoxy) is 1. The normalized spacial score (nSPS) is 10.6. The van der Waals surface area contributed by atoms with Crippen LogP contribution in [0.25, 0.3) is 0 Å². The van der Waals surface area contributed by atoms with Gasteiger partial charge in [-0.15, -0.1) is 0 Å². The molecule has 0 radical (unpaired) electrons. The molecular formula is C18H16N2NaO3S+. The summed E-state index contributed by atoms with van der Waals surface area (Å²) in [5, 5.41) is 0. The number of hydrogen-bond acceptors (Lipinski definition) is 4. The first-order valence-corrected chi connectivity index (χ1v) is 8.83. The summed E-state index contributed by atoms with van der Waals surface area (Å²) in [6.45, 7) is 0.326. The molecule has 0 aliphatic carbocycles. The van der Waals surface area contributed by atoms with Gasteiger partial charge in [-0.05, 0) is 29.8 Å². The molecule has 2 aromatic carbocycles. The van der Waals surface area contributed by atoms with Gasteiger partial charge >= 0.3 is 29.6 Å². The number of nitrogens with zero attached hydrogens (tertiary/aromatic N) is 1. The van der Waals surface area contributed by atoms with Gasteiger partial charge in [0, 0.05) is 6.20 Å². The van der Waals surface area contributed by atoms with Gasteiger partial charge in [-0.1, -0.05) is 48.5 Å². The van der Waals surface area contributed by atoms with Gasteiger partial charge in [-0.3, -0.25) is 4.72 Å². The minimum absolute atomic E-state index is 0. The van der Waals surface area contributed by atoms with Crippen molar-refractivity contribution < 1.29 is 42.7 Å². The third kappa shape index (κ3) is 5.31. The van der Waals surface area contributed by atoms with Crippen LogP contribution in [0.3, 0.4) is 0 Å². The topological polar surface area (TPSA) is 68.3 Å². The zero-order valence-corrected chi connectivity index (χ0v) is 16.6. The van der Waals surface area contributed by atoms with E-state index in [1.165, 1.54) is 18.3 Å². The van der Waals surface area contributed by atoms with E-state index in [0.29, 0.717) is 12.4 Å². The summed E-state index contributed by atoms with van der Waals surface area (Å²) in [7, 11) is -3.71. The zero-order chi connectivity index (χ0) is 16.8. The van der Waals surface area contributed by atoms with Crippen molar-refractivity contribution in [2.75, 3.05) is 4.72 Å². The van der Waals surface area contributed by atoms with Crippen LogP contribution in [0, 0.1) is 0 Å². The SMILES string of the molecule is O=S(=O)(Nc1ncccc1OCc1ccccc1)c1ccccc1.[Na+]. The molecule has 0 fully saturated rings. The first kappa shape index (κ1) is 19.5. The summed E-state index contributed by atoms with van der Waals surface area (Å²) in [6, 6.07) is 21.1. The summed E-state index contributed by atoms with van der Waals surface area (Å²) >= 11 is 0. The Bertz CT molecular complexity index is 904. The third-order valence-electron chi connectivity index (χ3n) is 3.29. The summed E-state index contributed by atoms with van der Waals surface area (Å²) < 4.78 is 33.0. The van der Waals surface area contributed by atoms with Crippen LogP contribution in [-0.2, 0) is 16.6 Å². The van der Waals surface area contributed by atoms with Gasteiger partial charge in [-0.25, -0.2) is 13.4 Å². The number of nitrogens with one attached hydrogen (secondary N) is 1. The van der Waals surface area contributed by atoms with Crippen LogP contribution in [0.5, 0.6) is 5.75 Å². The average Bonchev–Trinajstić information content (AvgIpc) is 2.62. The van der Waals surface area contributed by atoms with Gasteiger partial charge in [-0.2, -0.15) is 0 Å². The van der Waals surface area contributed by atoms with Crippen molar-refractivity contribution in [3.63, 3.8) is 0 Å². The zero-order valence-electron chi connectivity index (χ0n) is 13.8. The largest absolute Gasteiger partial charge is 1.00 e. The van der Waals surface area contributed by atoms with E-state index in [-0.39, 0.29) is 40.3 Å². The molecule has 0 saturated heterocycles. The maximum Gasteiger partial charge on any atom is 1.00 e. The molecule has 7 heteroatoms.